The van der Waals surface area contributed by atoms with Gasteiger partial charge in [-0.3, -0.25) is 0 Å². The van der Waals surface area contributed by atoms with Crippen LogP contribution in [0.5, 0.6) is 0 Å². The van der Waals surface area contributed by atoms with Crippen LogP contribution >= 0.6 is 0 Å². The number of nitrogens with zero attached hydrogens (tertiary/aromatic N) is 4. The monoisotopic (exact) mass is 354 g/mol. The van der Waals surface area contributed by atoms with Gasteiger partial charge in [-0.2, -0.15) is 0 Å². The summed E-state index contributed by atoms with van der Waals surface area (Å²) in [7, 11) is 0. The molecule has 0 heterocycles. The molecule has 0 aliphatic rings. The minimum Gasteiger partial charge on any atom is -0.211 e. The number of hydrogen-bond donors (Lipinski definition) is 0. The fourth-order valence-electron chi connectivity index (χ4n) is 2.56. The van der Waals surface area contributed by atoms with Gasteiger partial charge in [0.1, 0.15) is 0 Å². The molecule has 26 heavy (non-hydrogen) atoms. The average Bonchev–Trinajstić information content (AvgIpc) is 2.67. The van der Waals surface area contributed by atoms with E-state index in [4.69, 9.17) is 0 Å². The smallest absolute Gasteiger partial charge is 0.211 e. The molecular formula is C18H18N4O4. The van der Waals surface area contributed by atoms with Crippen molar-refractivity contribution in [2.24, 2.45) is 20.0 Å². The summed E-state index contributed by atoms with van der Waals surface area (Å²) >= 11 is 0. The predicted octanol–water partition coefficient (Wildman–Crippen LogP) is 1.55. The lowest BCUT2D eigenvalue weighted by Gasteiger charge is -2.30. The lowest BCUT2D eigenvalue weighted by Crippen LogP contribution is -2.32. The Morgan fingerprint density at radius 2 is 1.00 bits per heavy atom. The summed E-state index contributed by atoms with van der Waals surface area (Å²) < 4.78 is 0. The molecule has 0 bridgehead atoms. The number of aliphatic imine (C=N–C) groups is 4. The Bertz CT molecular complexity index is 720. The van der Waals surface area contributed by atoms with Crippen LogP contribution in [0.3, 0.4) is 0 Å². The van der Waals surface area contributed by atoms with Crippen molar-refractivity contribution in [3.63, 3.8) is 0 Å². The number of isocyanates is 4. The highest BCUT2D eigenvalue weighted by molar-refractivity contribution is 5.41. The average molecular weight is 354 g/mol. The van der Waals surface area contributed by atoms with Crippen molar-refractivity contribution in [3.05, 3.63) is 35.4 Å². The maximum absolute atomic E-state index is 10.5. The molecule has 0 N–H and O–H groups in total. The molecule has 8 nitrogen and oxygen atoms in total. The zero-order chi connectivity index (χ0) is 19.5. The van der Waals surface area contributed by atoms with Crippen molar-refractivity contribution in [1.82, 2.24) is 0 Å². The van der Waals surface area contributed by atoms with Crippen molar-refractivity contribution in [2.75, 3.05) is 26.2 Å². The molecule has 1 rings (SSSR count). The van der Waals surface area contributed by atoms with Crippen molar-refractivity contribution in [3.8, 4) is 0 Å². The van der Waals surface area contributed by atoms with Crippen molar-refractivity contribution >= 4 is 24.3 Å². The fraction of sp³-hybridized carbons (Fsp3) is 0.444. The first-order valence-electron chi connectivity index (χ1n) is 7.71. The van der Waals surface area contributed by atoms with Gasteiger partial charge in [-0.15, -0.1) is 0 Å². The standard InChI is InChI=1S/C18H18N4O4/c1-17(7-19-11-23,8-20-12-24)15-4-3-5-16(6-15)18(2,9-21-13-25)10-22-14-26/h3-6H,7-10H2,1-2H3. The Morgan fingerprint density at radius 1 is 0.692 bits per heavy atom. The second-order valence-corrected chi connectivity index (χ2v) is 6.33. The summed E-state index contributed by atoms with van der Waals surface area (Å²) in [6.07, 6.45) is 5.96. The molecule has 1 aromatic rings. The van der Waals surface area contributed by atoms with Crippen LogP contribution in [0, 0.1) is 0 Å². The highest BCUT2D eigenvalue weighted by atomic mass is 16.1. The zero-order valence-electron chi connectivity index (χ0n) is 14.6. The molecule has 0 atom stereocenters. The molecule has 134 valence electrons. The van der Waals surface area contributed by atoms with Crippen LogP contribution < -0.4 is 0 Å². The van der Waals surface area contributed by atoms with E-state index in [1.165, 1.54) is 24.3 Å². The Hall–Kier alpha value is -3.26. The molecule has 8 heteroatoms. The van der Waals surface area contributed by atoms with Crippen LogP contribution in [-0.4, -0.2) is 50.5 Å². The first kappa shape index (κ1) is 20.8. The van der Waals surface area contributed by atoms with Gasteiger partial charge in [0.2, 0.25) is 24.3 Å². The van der Waals surface area contributed by atoms with Gasteiger partial charge in [-0.25, -0.2) is 39.1 Å². The van der Waals surface area contributed by atoms with Gasteiger partial charge in [0.25, 0.3) is 0 Å². The SMILES string of the molecule is CC(CN=C=O)(CN=C=O)c1cccc(C(C)(CN=C=O)CN=C=O)c1. The molecule has 0 saturated heterocycles. The Labute approximate surface area is 150 Å². The molecule has 0 aliphatic heterocycles. The molecule has 1 aromatic carbocycles. The lowest BCUT2D eigenvalue weighted by atomic mass is 9.77. The molecule has 0 aliphatic carbocycles. The highest BCUT2D eigenvalue weighted by Gasteiger charge is 2.31. The van der Waals surface area contributed by atoms with E-state index < -0.39 is 10.8 Å². The zero-order valence-corrected chi connectivity index (χ0v) is 14.6. The molecular weight excluding hydrogens is 336 g/mol. The maximum atomic E-state index is 10.5. The normalized spacial score (nSPS) is 14.2. The van der Waals surface area contributed by atoms with E-state index in [9.17, 15) is 19.2 Å². The van der Waals surface area contributed by atoms with Crippen LogP contribution in [0.25, 0.3) is 0 Å². The number of benzene rings is 1. The van der Waals surface area contributed by atoms with Crippen LogP contribution in [0.1, 0.15) is 25.0 Å². The van der Waals surface area contributed by atoms with Crippen molar-refractivity contribution < 1.29 is 19.2 Å². The van der Waals surface area contributed by atoms with Gasteiger partial charge in [0.15, 0.2) is 0 Å². The van der Waals surface area contributed by atoms with E-state index in [0.717, 1.165) is 11.1 Å². The Kier molecular flexibility index (Phi) is 7.91. The first-order valence-corrected chi connectivity index (χ1v) is 7.71. The Balaban J connectivity index is 3.42. The summed E-state index contributed by atoms with van der Waals surface area (Å²) in [6.45, 7) is 3.94. The van der Waals surface area contributed by atoms with E-state index in [1.54, 1.807) is 19.9 Å². The van der Waals surface area contributed by atoms with Gasteiger partial charge < -0.3 is 0 Å². The molecule has 0 unspecified atom stereocenters. The second-order valence-electron chi connectivity index (χ2n) is 6.33. The number of carbonyl (C=O) groups excluding carboxylic acids is 4. The molecule has 0 fully saturated rings. The molecule has 0 amide bonds. The van der Waals surface area contributed by atoms with E-state index in [0.29, 0.717) is 0 Å². The largest absolute Gasteiger partial charge is 0.234 e. The first-order chi connectivity index (χ1) is 12.5. The third kappa shape index (κ3) is 5.38. The second kappa shape index (κ2) is 9.90. The predicted molar refractivity (Wildman–Crippen MR) is 93.1 cm³/mol. The highest BCUT2D eigenvalue weighted by Crippen LogP contribution is 2.31. The summed E-state index contributed by atoms with van der Waals surface area (Å²) in [5.74, 6) is 0. The van der Waals surface area contributed by atoms with E-state index in [1.807, 2.05) is 18.2 Å². The van der Waals surface area contributed by atoms with E-state index >= 15 is 0 Å². The van der Waals surface area contributed by atoms with Gasteiger partial charge in [0, 0.05) is 10.8 Å². The van der Waals surface area contributed by atoms with Crippen LogP contribution in [0.4, 0.5) is 0 Å². The fourth-order valence-corrected chi connectivity index (χ4v) is 2.56. The molecule has 0 saturated carbocycles. The van der Waals surface area contributed by atoms with Crippen molar-refractivity contribution in [2.45, 2.75) is 24.7 Å². The molecule has 0 aromatic heterocycles. The molecule has 0 radical (unpaired) electrons. The van der Waals surface area contributed by atoms with Gasteiger partial charge in [-0.1, -0.05) is 38.1 Å². The maximum Gasteiger partial charge on any atom is 0.234 e. The number of hydrogen-bond acceptors (Lipinski definition) is 8. The minimum absolute atomic E-state index is 0.0842. The quantitative estimate of drug-likeness (QED) is 0.468. The van der Waals surface area contributed by atoms with Crippen LogP contribution in [-0.2, 0) is 30.0 Å². The summed E-state index contributed by atoms with van der Waals surface area (Å²) in [4.78, 5) is 56.6. The minimum atomic E-state index is -0.729. The lowest BCUT2D eigenvalue weighted by molar-refractivity contribution is 0.474. The molecule has 0 spiro atoms. The third-order valence-corrected chi connectivity index (χ3v) is 4.23. The van der Waals surface area contributed by atoms with E-state index in [2.05, 4.69) is 20.0 Å². The van der Waals surface area contributed by atoms with Crippen LogP contribution in [0.15, 0.2) is 44.2 Å². The third-order valence-electron chi connectivity index (χ3n) is 4.23. The summed E-state index contributed by atoms with van der Waals surface area (Å²) in [5, 5.41) is 0. The summed E-state index contributed by atoms with van der Waals surface area (Å²) in [6, 6.07) is 7.25. The number of rotatable bonds is 10. The topological polar surface area (TPSA) is 118 Å². The van der Waals surface area contributed by atoms with Gasteiger partial charge in [-0.05, 0) is 11.1 Å². The summed E-state index contributed by atoms with van der Waals surface area (Å²) in [5.41, 5.74) is 0.0788. The van der Waals surface area contributed by atoms with Gasteiger partial charge in [0.05, 0.1) is 26.2 Å². The van der Waals surface area contributed by atoms with Gasteiger partial charge >= 0.3 is 0 Å². The van der Waals surface area contributed by atoms with Crippen molar-refractivity contribution in [1.29, 1.82) is 0 Å². The van der Waals surface area contributed by atoms with E-state index in [-0.39, 0.29) is 26.2 Å². The van der Waals surface area contributed by atoms with Crippen LogP contribution in [0.2, 0.25) is 0 Å². The Morgan fingerprint density at radius 3 is 1.27 bits per heavy atom.